The van der Waals surface area contributed by atoms with Gasteiger partial charge in [0.1, 0.15) is 6.04 Å². The molecule has 0 bridgehead atoms. The zero-order valence-corrected chi connectivity index (χ0v) is 23.1. The lowest BCUT2D eigenvalue weighted by molar-refractivity contribution is -0.151. The van der Waals surface area contributed by atoms with Crippen LogP contribution in [-0.4, -0.2) is 29.9 Å². The molecule has 44 heavy (non-hydrogen) atoms. The van der Waals surface area contributed by atoms with Crippen molar-refractivity contribution >= 4 is 35.2 Å². The Bertz CT molecular complexity index is 1750. The fraction of sp³-hybridized carbons (Fsp3) is 0.171. The largest absolute Gasteiger partial charge is 0.451 e. The number of imide groups is 1. The van der Waals surface area contributed by atoms with Crippen molar-refractivity contribution in [2.24, 2.45) is 11.8 Å². The van der Waals surface area contributed by atoms with Gasteiger partial charge in [-0.2, -0.15) is 13.2 Å². The van der Waals surface area contributed by atoms with Gasteiger partial charge in [-0.1, -0.05) is 103 Å². The van der Waals surface area contributed by atoms with Gasteiger partial charge in [0.25, 0.3) is 0 Å². The van der Waals surface area contributed by atoms with E-state index in [0.29, 0.717) is 21.7 Å². The number of alkyl halides is 3. The van der Waals surface area contributed by atoms with Crippen LogP contribution in [0.3, 0.4) is 0 Å². The molecule has 0 saturated carbocycles. The van der Waals surface area contributed by atoms with Crippen LogP contribution in [0.25, 0.3) is 6.08 Å². The molecular formula is C35H25F3N2O4. The Morgan fingerprint density at radius 1 is 0.705 bits per heavy atom. The summed E-state index contributed by atoms with van der Waals surface area (Å²) in [6.07, 6.45) is -2.08. The van der Waals surface area contributed by atoms with E-state index in [4.69, 9.17) is 4.74 Å². The van der Waals surface area contributed by atoms with Crippen LogP contribution >= 0.6 is 0 Å². The van der Waals surface area contributed by atoms with Crippen molar-refractivity contribution in [2.75, 3.05) is 9.80 Å². The predicted octanol–water partition coefficient (Wildman–Crippen LogP) is 6.43. The maximum Gasteiger partial charge on any atom is 0.418 e. The van der Waals surface area contributed by atoms with Gasteiger partial charge in [-0.25, -0.2) is 9.69 Å². The number of benzene rings is 4. The Morgan fingerprint density at radius 3 is 1.89 bits per heavy atom. The summed E-state index contributed by atoms with van der Waals surface area (Å²) < 4.78 is 48.2. The van der Waals surface area contributed by atoms with Crippen LogP contribution in [-0.2, 0) is 25.3 Å². The van der Waals surface area contributed by atoms with Crippen LogP contribution in [0.15, 0.2) is 115 Å². The quantitative estimate of drug-likeness (QED) is 0.197. The minimum atomic E-state index is -4.80. The van der Waals surface area contributed by atoms with Gasteiger partial charge in [0, 0.05) is 5.69 Å². The molecule has 3 heterocycles. The highest BCUT2D eigenvalue weighted by molar-refractivity contribution is 6.25. The summed E-state index contributed by atoms with van der Waals surface area (Å²) in [7, 11) is 0. The molecular weight excluding hydrogens is 569 g/mol. The third-order valence-corrected chi connectivity index (χ3v) is 8.55. The number of esters is 1. The molecule has 2 amide bonds. The van der Waals surface area contributed by atoms with Crippen LogP contribution in [0.1, 0.15) is 28.4 Å². The molecule has 3 aliphatic rings. The van der Waals surface area contributed by atoms with Gasteiger partial charge >= 0.3 is 12.1 Å². The Morgan fingerprint density at radius 2 is 1.25 bits per heavy atom. The molecule has 4 aromatic carbocycles. The van der Waals surface area contributed by atoms with E-state index in [1.165, 1.54) is 12.1 Å². The summed E-state index contributed by atoms with van der Waals surface area (Å²) in [5.41, 5.74) is 1.17. The summed E-state index contributed by atoms with van der Waals surface area (Å²) in [4.78, 5) is 44.9. The molecule has 220 valence electrons. The van der Waals surface area contributed by atoms with Crippen molar-refractivity contribution in [2.45, 2.75) is 24.4 Å². The van der Waals surface area contributed by atoms with Gasteiger partial charge < -0.3 is 9.64 Å². The van der Waals surface area contributed by atoms with Crippen molar-refractivity contribution in [1.82, 2.24) is 0 Å². The molecule has 2 fully saturated rings. The smallest absolute Gasteiger partial charge is 0.418 e. The molecule has 2 saturated heterocycles. The maximum absolute atomic E-state index is 14.4. The second-order valence-electron chi connectivity index (χ2n) is 11.0. The molecule has 0 N–H and O–H groups in total. The van der Waals surface area contributed by atoms with Gasteiger partial charge in [-0.05, 0) is 34.9 Å². The molecule has 4 atom stereocenters. The van der Waals surface area contributed by atoms with Crippen molar-refractivity contribution in [3.8, 4) is 0 Å². The lowest BCUT2D eigenvalue weighted by Gasteiger charge is -2.36. The minimum absolute atomic E-state index is 0.547. The number of hydrogen-bond acceptors (Lipinski definition) is 5. The normalized spacial score (nSPS) is 22.2. The third kappa shape index (κ3) is 4.38. The number of nitrogens with zero attached hydrogens (tertiary/aromatic N) is 2. The molecule has 6 nitrogen and oxygen atoms in total. The second kappa shape index (κ2) is 10.5. The van der Waals surface area contributed by atoms with E-state index in [0.717, 1.165) is 17.7 Å². The van der Waals surface area contributed by atoms with E-state index < -0.39 is 65.2 Å². The number of anilines is 2. The SMILES string of the molecule is O=C(OC(c1ccccc1)c1ccccc1)[C@H]1[C@@H]2C(=O)N(c3ccccc3C(F)(F)F)C(=O)[C@@H]2[C@H]2C=Cc3ccccc3N21. The zero-order chi connectivity index (χ0) is 30.6. The van der Waals surface area contributed by atoms with Gasteiger partial charge in [-0.15, -0.1) is 0 Å². The van der Waals surface area contributed by atoms with Crippen molar-refractivity contribution in [1.29, 1.82) is 0 Å². The zero-order valence-electron chi connectivity index (χ0n) is 23.1. The molecule has 4 aromatic rings. The topological polar surface area (TPSA) is 66.9 Å². The van der Waals surface area contributed by atoms with E-state index in [-0.39, 0.29) is 0 Å². The standard InChI is InChI=1S/C35H25F3N2O4/c36-35(37,38)24-16-8-10-18-26(24)40-32(41)28-27-20-19-21-11-7-9-17-25(21)39(27)30(29(28)33(40)42)34(43)44-31(22-12-3-1-4-13-22)23-14-5-2-6-15-23/h1-20,27-31H/t27-,28-,29-,30-/m1/s1. The monoisotopic (exact) mass is 594 g/mol. The Balaban J connectivity index is 1.33. The van der Waals surface area contributed by atoms with Gasteiger partial charge in [0.15, 0.2) is 6.10 Å². The van der Waals surface area contributed by atoms with Gasteiger partial charge in [0.05, 0.1) is 29.1 Å². The Hall–Kier alpha value is -5.18. The number of ether oxygens (including phenoxy) is 1. The van der Waals surface area contributed by atoms with Gasteiger partial charge in [-0.3, -0.25) is 9.59 Å². The number of hydrogen-bond donors (Lipinski definition) is 0. The van der Waals surface area contributed by atoms with Crippen molar-refractivity contribution < 1.29 is 32.3 Å². The summed E-state index contributed by atoms with van der Waals surface area (Å²) in [5.74, 6) is -4.77. The van der Waals surface area contributed by atoms with E-state index in [1.807, 2.05) is 78.9 Å². The summed E-state index contributed by atoms with van der Waals surface area (Å²) >= 11 is 0. The maximum atomic E-state index is 14.4. The number of fused-ring (bicyclic) bond motifs is 5. The van der Waals surface area contributed by atoms with E-state index >= 15 is 0 Å². The first kappa shape index (κ1) is 27.6. The number of rotatable bonds is 5. The van der Waals surface area contributed by atoms with Crippen LogP contribution in [0, 0.1) is 11.8 Å². The van der Waals surface area contributed by atoms with Crippen LogP contribution in [0.2, 0.25) is 0 Å². The summed E-state index contributed by atoms with van der Waals surface area (Å²) in [5, 5.41) is 0. The van der Waals surface area contributed by atoms with Crippen LogP contribution in [0.4, 0.5) is 24.5 Å². The molecule has 7 rings (SSSR count). The first-order valence-corrected chi connectivity index (χ1v) is 14.2. The minimum Gasteiger partial charge on any atom is -0.451 e. The molecule has 3 aliphatic heterocycles. The lowest BCUT2D eigenvalue weighted by atomic mass is 9.88. The van der Waals surface area contributed by atoms with Crippen molar-refractivity contribution in [3.05, 3.63) is 138 Å². The van der Waals surface area contributed by atoms with E-state index in [2.05, 4.69) is 0 Å². The highest BCUT2D eigenvalue weighted by Gasteiger charge is 2.65. The van der Waals surface area contributed by atoms with Gasteiger partial charge in [0.2, 0.25) is 11.8 Å². The Labute approximate surface area is 251 Å². The fourth-order valence-electron chi connectivity index (χ4n) is 6.70. The average Bonchev–Trinajstić information content (AvgIpc) is 3.52. The first-order valence-electron chi connectivity index (χ1n) is 14.2. The number of amides is 2. The molecule has 0 unspecified atom stereocenters. The Kier molecular flexibility index (Phi) is 6.61. The fourth-order valence-corrected chi connectivity index (χ4v) is 6.70. The summed E-state index contributed by atoms with van der Waals surface area (Å²) in [6, 6.07) is 28.0. The molecule has 0 spiro atoms. The second-order valence-corrected chi connectivity index (χ2v) is 11.0. The van der Waals surface area contributed by atoms with Crippen LogP contribution < -0.4 is 9.80 Å². The third-order valence-electron chi connectivity index (χ3n) is 8.55. The van der Waals surface area contributed by atoms with Crippen molar-refractivity contribution in [3.63, 3.8) is 0 Å². The van der Waals surface area contributed by atoms with E-state index in [9.17, 15) is 27.6 Å². The van der Waals surface area contributed by atoms with Crippen LogP contribution in [0.5, 0.6) is 0 Å². The average molecular weight is 595 g/mol. The molecule has 0 aliphatic carbocycles. The number of carbonyl (C=O) groups excluding carboxylic acids is 3. The highest BCUT2D eigenvalue weighted by atomic mass is 19.4. The lowest BCUT2D eigenvalue weighted by Crippen LogP contribution is -2.49. The number of halogens is 3. The molecule has 9 heteroatoms. The predicted molar refractivity (Wildman–Crippen MR) is 157 cm³/mol. The summed E-state index contributed by atoms with van der Waals surface area (Å²) in [6.45, 7) is 0. The molecule has 0 aromatic heterocycles. The number of para-hydroxylation sites is 2. The first-order chi connectivity index (χ1) is 21.3. The highest BCUT2D eigenvalue weighted by Crippen LogP contribution is 2.51. The number of carbonyl (C=O) groups is 3. The molecule has 0 radical (unpaired) electrons. The van der Waals surface area contributed by atoms with E-state index in [1.54, 1.807) is 23.1 Å².